The molecule has 0 bridgehead atoms. The summed E-state index contributed by atoms with van der Waals surface area (Å²) in [7, 11) is 1.58. The Balaban J connectivity index is 1.62. The van der Waals surface area contributed by atoms with Crippen molar-refractivity contribution in [3.8, 4) is 5.75 Å². The number of nitrogens with one attached hydrogen (secondary N) is 1. The number of ether oxygens (including phenoxy) is 1. The maximum atomic E-state index is 12.4. The van der Waals surface area contributed by atoms with E-state index in [9.17, 15) is 9.59 Å². The van der Waals surface area contributed by atoms with E-state index in [1.165, 1.54) is 11.8 Å². The Morgan fingerprint density at radius 3 is 2.62 bits per heavy atom. The molecule has 0 aliphatic rings. The molecule has 150 valence electrons. The van der Waals surface area contributed by atoms with Crippen LogP contribution in [-0.2, 0) is 17.8 Å². The van der Waals surface area contributed by atoms with Crippen LogP contribution in [0, 0.1) is 0 Å². The van der Waals surface area contributed by atoms with Crippen LogP contribution >= 0.6 is 11.8 Å². The van der Waals surface area contributed by atoms with Gasteiger partial charge in [-0.1, -0.05) is 48.2 Å². The van der Waals surface area contributed by atoms with Crippen molar-refractivity contribution < 1.29 is 14.3 Å². The number of aromatic nitrogens is 3. The number of ketones is 1. The highest BCUT2D eigenvalue weighted by atomic mass is 32.2. The van der Waals surface area contributed by atoms with Crippen molar-refractivity contribution in [3.63, 3.8) is 0 Å². The molecule has 7 nitrogen and oxygen atoms in total. The van der Waals surface area contributed by atoms with Gasteiger partial charge in [0, 0.05) is 23.9 Å². The maximum absolute atomic E-state index is 12.4. The molecule has 0 aliphatic heterocycles. The van der Waals surface area contributed by atoms with Gasteiger partial charge in [0.1, 0.15) is 11.6 Å². The number of amides is 1. The Morgan fingerprint density at radius 2 is 1.90 bits per heavy atom. The van der Waals surface area contributed by atoms with Crippen molar-refractivity contribution in [1.82, 2.24) is 14.8 Å². The van der Waals surface area contributed by atoms with Crippen molar-refractivity contribution in [2.24, 2.45) is 0 Å². The zero-order chi connectivity index (χ0) is 20.6. The summed E-state index contributed by atoms with van der Waals surface area (Å²) in [6.07, 6.45) is 0.0885. The average molecular weight is 410 g/mol. The third-order valence-electron chi connectivity index (χ3n) is 4.21. The molecule has 0 atom stereocenters. The van der Waals surface area contributed by atoms with Gasteiger partial charge in [0.25, 0.3) is 0 Å². The van der Waals surface area contributed by atoms with Crippen LogP contribution in [-0.4, -0.2) is 39.3 Å². The fourth-order valence-corrected chi connectivity index (χ4v) is 3.68. The van der Waals surface area contributed by atoms with Gasteiger partial charge >= 0.3 is 0 Å². The summed E-state index contributed by atoms with van der Waals surface area (Å²) < 4.78 is 7.02. The van der Waals surface area contributed by atoms with E-state index in [0.29, 0.717) is 34.5 Å². The van der Waals surface area contributed by atoms with Gasteiger partial charge in [0.05, 0.1) is 19.3 Å². The smallest absolute Gasteiger partial charge is 0.232 e. The zero-order valence-corrected chi connectivity index (χ0v) is 17.1. The molecule has 0 saturated heterocycles. The van der Waals surface area contributed by atoms with Gasteiger partial charge in [-0.2, -0.15) is 0 Å². The van der Waals surface area contributed by atoms with Crippen LogP contribution in [0.3, 0.4) is 0 Å². The van der Waals surface area contributed by atoms with Crippen molar-refractivity contribution in [2.75, 3.05) is 18.2 Å². The van der Waals surface area contributed by atoms with Crippen molar-refractivity contribution >= 4 is 29.1 Å². The molecule has 0 fully saturated rings. The number of hydrogen-bond acceptors (Lipinski definition) is 6. The molecule has 1 amide bonds. The van der Waals surface area contributed by atoms with E-state index in [-0.39, 0.29) is 23.9 Å². The molecular weight excluding hydrogens is 388 g/mol. The Kier molecular flexibility index (Phi) is 7.02. The van der Waals surface area contributed by atoms with Gasteiger partial charge in [0.15, 0.2) is 10.9 Å². The summed E-state index contributed by atoms with van der Waals surface area (Å²) in [5, 5.41) is 11.8. The molecule has 1 N–H and O–H groups in total. The van der Waals surface area contributed by atoms with Crippen molar-refractivity contribution in [2.45, 2.75) is 25.0 Å². The van der Waals surface area contributed by atoms with Gasteiger partial charge in [-0.25, -0.2) is 0 Å². The Labute approximate surface area is 173 Å². The fraction of sp³-hybridized carbons (Fsp3) is 0.238. The lowest BCUT2D eigenvalue weighted by atomic mass is 10.2. The monoisotopic (exact) mass is 410 g/mol. The Bertz CT molecular complexity index is 989. The number of thioether (sulfide) groups is 1. The quantitative estimate of drug-likeness (QED) is 0.429. The summed E-state index contributed by atoms with van der Waals surface area (Å²) >= 11 is 1.32. The minimum Gasteiger partial charge on any atom is -0.497 e. The summed E-state index contributed by atoms with van der Waals surface area (Å²) in [5.74, 6) is 1.32. The third kappa shape index (κ3) is 5.45. The molecule has 2 aromatic carbocycles. The number of hydrogen-bond donors (Lipinski definition) is 1. The molecule has 0 spiro atoms. The van der Waals surface area contributed by atoms with Crippen LogP contribution < -0.4 is 10.1 Å². The molecule has 0 radical (unpaired) electrons. The summed E-state index contributed by atoms with van der Waals surface area (Å²) in [4.78, 5) is 24.7. The minimum absolute atomic E-state index is 0.0265. The minimum atomic E-state index is -0.197. The second-order valence-corrected chi connectivity index (χ2v) is 7.12. The third-order valence-corrected chi connectivity index (χ3v) is 5.18. The number of anilines is 1. The molecule has 3 rings (SSSR count). The van der Waals surface area contributed by atoms with Gasteiger partial charge in [0.2, 0.25) is 5.91 Å². The number of methoxy groups -OCH3 is 1. The summed E-state index contributed by atoms with van der Waals surface area (Å²) in [6, 6.07) is 16.3. The topological polar surface area (TPSA) is 86.1 Å². The number of carbonyl (C=O) groups is 2. The Morgan fingerprint density at radius 1 is 1.10 bits per heavy atom. The number of carbonyl (C=O) groups excluding carboxylic acids is 2. The predicted octanol–water partition coefficient (Wildman–Crippen LogP) is 3.46. The van der Waals surface area contributed by atoms with E-state index in [0.717, 1.165) is 0 Å². The van der Waals surface area contributed by atoms with E-state index in [4.69, 9.17) is 4.74 Å². The molecule has 1 heterocycles. The molecule has 3 aromatic rings. The highest BCUT2D eigenvalue weighted by molar-refractivity contribution is 7.99. The van der Waals surface area contributed by atoms with E-state index in [1.54, 1.807) is 31.4 Å². The molecule has 8 heteroatoms. The van der Waals surface area contributed by atoms with Crippen LogP contribution in [0.5, 0.6) is 5.75 Å². The lowest BCUT2D eigenvalue weighted by molar-refractivity contribution is -0.115. The molecule has 0 saturated carbocycles. The Hall–Kier alpha value is -3.13. The first-order chi connectivity index (χ1) is 14.1. The standard InChI is InChI=1S/C21H22N4O3S/c1-3-25-19(13-20(27)22-16-10-7-11-17(12-16)28-2)23-24-21(25)29-14-18(26)15-8-5-4-6-9-15/h4-12H,3,13-14H2,1-2H3,(H,22,27). The van der Waals surface area contributed by atoms with Crippen LogP contribution in [0.15, 0.2) is 59.8 Å². The first kappa shape index (κ1) is 20.6. The van der Waals surface area contributed by atoms with Gasteiger partial charge in [-0.15, -0.1) is 10.2 Å². The second-order valence-electron chi connectivity index (χ2n) is 6.18. The van der Waals surface area contributed by atoms with Gasteiger partial charge in [-0.05, 0) is 19.1 Å². The first-order valence-corrected chi connectivity index (χ1v) is 10.2. The first-order valence-electron chi connectivity index (χ1n) is 9.17. The van der Waals surface area contributed by atoms with Crippen LogP contribution in [0.4, 0.5) is 5.69 Å². The highest BCUT2D eigenvalue weighted by Gasteiger charge is 2.16. The lowest BCUT2D eigenvalue weighted by Crippen LogP contribution is -2.17. The molecule has 1 aromatic heterocycles. The number of Topliss-reactive ketones (excluding diaryl/α,β-unsaturated/α-hetero) is 1. The normalized spacial score (nSPS) is 10.6. The number of nitrogens with zero attached hydrogens (tertiary/aromatic N) is 3. The fourth-order valence-electron chi connectivity index (χ4n) is 2.76. The van der Waals surface area contributed by atoms with E-state index in [1.807, 2.05) is 41.8 Å². The van der Waals surface area contributed by atoms with E-state index in [2.05, 4.69) is 15.5 Å². The van der Waals surface area contributed by atoms with Gasteiger partial charge < -0.3 is 14.6 Å². The SMILES string of the molecule is CCn1c(CC(=O)Nc2cccc(OC)c2)nnc1SCC(=O)c1ccccc1. The molecule has 0 aliphatic carbocycles. The molecule has 29 heavy (non-hydrogen) atoms. The summed E-state index contributed by atoms with van der Waals surface area (Å²) in [5.41, 5.74) is 1.32. The number of benzene rings is 2. The van der Waals surface area contributed by atoms with Crippen molar-refractivity contribution in [3.05, 3.63) is 66.0 Å². The predicted molar refractivity (Wildman–Crippen MR) is 113 cm³/mol. The van der Waals surface area contributed by atoms with Gasteiger partial charge in [-0.3, -0.25) is 9.59 Å². The second kappa shape index (κ2) is 9.88. The van der Waals surface area contributed by atoms with Crippen molar-refractivity contribution in [1.29, 1.82) is 0 Å². The summed E-state index contributed by atoms with van der Waals surface area (Å²) in [6.45, 7) is 2.56. The maximum Gasteiger partial charge on any atom is 0.232 e. The molecular formula is C21H22N4O3S. The van der Waals surface area contributed by atoms with Crippen LogP contribution in [0.2, 0.25) is 0 Å². The average Bonchev–Trinajstić information content (AvgIpc) is 3.13. The zero-order valence-electron chi connectivity index (χ0n) is 16.3. The van der Waals surface area contributed by atoms with E-state index < -0.39 is 0 Å². The number of rotatable bonds is 9. The van der Waals surface area contributed by atoms with Crippen LogP contribution in [0.1, 0.15) is 23.1 Å². The highest BCUT2D eigenvalue weighted by Crippen LogP contribution is 2.20. The largest absolute Gasteiger partial charge is 0.497 e. The van der Waals surface area contributed by atoms with E-state index >= 15 is 0 Å². The molecule has 0 unspecified atom stereocenters. The lowest BCUT2D eigenvalue weighted by Gasteiger charge is -2.09. The van der Waals surface area contributed by atoms with Crippen LogP contribution in [0.25, 0.3) is 0 Å².